The van der Waals surface area contributed by atoms with Gasteiger partial charge in [0.2, 0.25) is 0 Å². The van der Waals surface area contributed by atoms with Gasteiger partial charge in [0, 0.05) is 6.04 Å². The molecule has 0 amide bonds. The Kier molecular flexibility index (Phi) is 4.16. The third-order valence-electron chi connectivity index (χ3n) is 4.88. The molecule has 1 aliphatic rings. The first-order chi connectivity index (χ1) is 9.66. The average Bonchev–Trinajstić information content (AvgIpc) is 2.80. The Morgan fingerprint density at radius 2 is 1.86 bits per heavy atom. The van der Waals surface area contributed by atoms with E-state index in [1.54, 1.807) is 0 Å². The molecule has 2 atom stereocenters. The lowest BCUT2D eigenvalue weighted by Crippen LogP contribution is -2.48. The molecule has 1 aliphatic heterocycles. The normalized spacial score (nSPS) is 25.0. The summed E-state index contributed by atoms with van der Waals surface area (Å²) in [7, 11) is 0. The summed E-state index contributed by atoms with van der Waals surface area (Å²) in [6, 6.07) is 8.75. The van der Waals surface area contributed by atoms with Gasteiger partial charge in [-0.3, -0.25) is 9.69 Å². The standard InChI is InChI=1S/C18H27NO2/c1-13(19-12-6-11-18(19,5)16(20)21)14-7-9-15(10-8-14)17(2,3)4/h7-10,13H,6,11-12H2,1-5H3,(H,20,21). The quantitative estimate of drug-likeness (QED) is 0.915. The second-order valence-electron chi connectivity index (χ2n) is 7.42. The summed E-state index contributed by atoms with van der Waals surface area (Å²) in [5.74, 6) is -0.710. The Bertz CT molecular complexity index is 515. The number of benzene rings is 1. The van der Waals surface area contributed by atoms with Crippen molar-refractivity contribution < 1.29 is 9.90 Å². The molecular weight excluding hydrogens is 262 g/mol. The fourth-order valence-electron chi connectivity index (χ4n) is 3.28. The molecule has 3 heteroatoms. The largest absolute Gasteiger partial charge is 0.480 e. The lowest BCUT2D eigenvalue weighted by molar-refractivity contribution is -0.149. The Morgan fingerprint density at radius 1 is 1.29 bits per heavy atom. The van der Waals surface area contributed by atoms with Crippen LogP contribution in [0.15, 0.2) is 24.3 Å². The highest BCUT2D eigenvalue weighted by Crippen LogP contribution is 2.37. The van der Waals surface area contributed by atoms with Gasteiger partial charge in [0.25, 0.3) is 0 Å². The fourth-order valence-corrected chi connectivity index (χ4v) is 3.28. The molecule has 1 N–H and O–H groups in total. The molecule has 1 fully saturated rings. The van der Waals surface area contributed by atoms with Crippen molar-refractivity contribution in [1.82, 2.24) is 4.90 Å². The van der Waals surface area contributed by atoms with E-state index in [1.165, 1.54) is 11.1 Å². The van der Waals surface area contributed by atoms with Gasteiger partial charge in [0.15, 0.2) is 0 Å². The van der Waals surface area contributed by atoms with Gasteiger partial charge >= 0.3 is 5.97 Å². The van der Waals surface area contributed by atoms with E-state index in [-0.39, 0.29) is 11.5 Å². The molecule has 1 saturated heterocycles. The Morgan fingerprint density at radius 3 is 2.33 bits per heavy atom. The number of hydrogen-bond donors (Lipinski definition) is 1. The minimum absolute atomic E-state index is 0.127. The highest BCUT2D eigenvalue weighted by Gasteiger charge is 2.45. The van der Waals surface area contributed by atoms with E-state index >= 15 is 0 Å². The van der Waals surface area contributed by atoms with Crippen LogP contribution >= 0.6 is 0 Å². The Balaban J connectivity index is 2.24. The first-order valence-electron chi connectivity index (χ1n) is 7.77. The maximum absolute atomic E-state index is 11.6. The highest BCUT2D eigenvalue weighted by molar-refractivity contribution is 5.78. The summed E-state index contributed by atoms with van der Waals surface area (Å²) in [4.78, 5) is 13.7. The molecule has 21 heavy (non-hydrogen) atoms. The van der Waals surface area contributed by atoms with Crippen LogP contribution in [0.4, 0.5) is 0 Å². The molecule has 116 valence electrons. The predicted molar refractivity (Wildman–Crippen MR) is 85.5 cm³/mol. The number of aliphatic carboxylic acids is 1. The van der Waals surface area contributed by atoms with Crippen LogP contribution < -0.4 is 0 Å². The number of carboxylic acid groups (broad SMARTS) is 1. The lowest BCUT2D eigenvalue weighted by atomic mass is 9.86. The number of rotatable bonds is 3. The van der Waals surface area contributed by atoms with Crippen molar-refractivity contribution >= 4 is 5.97 Å². The highest BCUT2D eigenvalue weighted by atomic mass is 16.4. The van der Waals surface area contributed by atoms with Crippen molar-refractivity contribution in [3.63, 3.8) is 0 Å². The molecule has 0 aliphatic carbocycles. The summed E-state index contributed by atoms with van der Waals surface area (Å²) in [5.41, 5.74) is 1.91. The topological polar surface area (TPSA) is 40.5 Å². The summed E-state index contributed by atoms with van der Waals surface area (Å²) >= 11 is 0. The molecule has 0 aromatic heterocycles. The molecule has 1 heterocycles. The van der Waals surface area contributed by atoms with E-state index in [0.29, 0.717) is 0 Å². The van der Waals surface area contributed by atoms with Crippen molar-refractivity contribution in [2.24, 2.45) is 0 Å². The minimum Gasteiger partial charge on any atom is -0.480 e. The van der Waals surface area contributed by atoms with Crippen molar-refractivity contribution in [1.29, 1.82) is 0 Å². The first kappa shape index (κ1) is 16.0. The molecular formula is C18H27NO2. The summed E-state index contributed by atoms with van der Waals surface area (Å²) in [6.45, 7) is 11.4. The first-order valence-corrected chi connectivity index (χ1v) is 7.77. The number of hydrogen-bond acceptors (Lipinski definition) is 2. The smallest absolute Gasteiger partial charge is 0.323 e. The SMILES string of the molecule is CC(c1ccc(C(C)(C)C)cc1)N1CCCC1(C)C(=O)O. The van der Waals surface area contributed by atoms with E-state index in [9.17, 15) is 9.90 Å². The molecule has 1 aromatic carbocycles. The molecule has 3 nitrogen and oxygen atoms in total. The van der Waals surface area contributed by atoms with Crippen LogP contribution in [0.2, 0.25) is 0 Å². The van der Waals surface area contributed by atoms with Crippen molar-refractivity contribution in [3.05, 3.63) is 35.4 Å². The molecule has 0 bridgehead atoms. The van der Waals surface area contributed by atoms with Gasteiger partial charge in [0.1, 0.15) is 5.54 Å². The summed E-state index contributed by atoms with van der Waals surface area (Å²) < 4.78 is 0. The molecule has 0 saturated carbocycles. The molecule has 2 rings (SSSR count). The predicted octanol–water partition coefficient (Wildman–Crippen LogP) is 3.98. The molecule has 0 radical (unpaired) electrons. The van der Waals surface area contributed by atoms with Crippen molar-refractivity contribution in [2.45, 2.75) is 64.5 Å². The van der Waals surface area contributed by atoms with Gasteiger partial charge in [-0.25, -0.2) is 0 Å². The van der Waals surface area contributed by atoms with E-state index in [1.807, 2.05) is 6.92 Å². The number of carboxylic acids is 1. The maximum Gasteiger partial charge on any atom is 0.323 e. The van der Waals surface area contributed by atoms with Crippen LogP contribution in [0, 0.1) is 0 Å². The lowest BCUT2D eigenvalue weighted by Gasteiger charge is -2.36. The molecule has 2 unspecified atom stereocenters. The summed E-state index contributed by atoms with van der Waals surface area (Å²) in [5, 5.41) is 9.55. The van der Waals surface area contributed by atoms with Crippen LogP contribution in [0.1, 0.15) is 64.6 Å². The third-order valence-corrected chi connectivity index (χ3v) is 4.88. The van der Waals surface area contributed by atoms with Gasteiger partial charge in [-0.15, -0.1) is 0 Å². The van der Waals surface area contributed by atoms with Gasteiger partial charge in [-0.05, 0) is 49.8 Å². The van der Waals surface area contributed by atoms with Crippen LogP contribution in [0.5, 0.6) is 0 Å². The zero-order valence-electron chi connectivity index (χ0n) is 13.8. The zero-order chi connectivity index (χ0) is 15.8. The van der Waals surface area contributed by atoms with Crippen LogP contribution in [-0.2, 0) is 10.2 Å². The van der Waals surface area contributed by atoms with E-state index in [0.717, 1.165) is 19.4 Å². The Hall–Kier alpha value is -1.35. The van der Waals surface area contributed by atoms with Gasteiger partial charge in [-0.2, -0.15) is 0 Å². The second-order valence-corrected chi connectivity index (χ2v) is 7.42. The monoisotopic (exact) mass is 289 g/mol. The van der Waals surface area contributed by atoms with Crippen LogP contribution in [0.25, 0.3) is 0 Å². The third kappa shape index (κ3) is 2.98. The van der Waals surface area contributed by atoms with E-state index in [2.05, 4.69) is 56.9 Å². The van der Waals surface area contributed by atoms with Crippen LogP contribution in [-0.4, -0.2) is 28.1 Å². The van der Waals surface area contributed by atoms with Gasteiger partial charge in [0.05, 0.1) is 0 Å². The van der Waals surface area contributed by atoms with Gasteiger partial charge < -0.3 is 5.11 Å². The molecule has 0 spiro atoms. The van der Waals surface area contributed by atoms with Crippen LogP contribution in [0.3, 0.4) is 0 Å². The Labute approximate surface area is 128 Å². The van der Waals surface area contributed by atoms with Crippen molar-refractivity contribution in [2.75, 3.05) is 6.54 Å². The average molecular weight is 289 g/mol. The maximum atomic E-state index is 11.6. The number of nitrogens with zero attached hydrogens (tertiary/aromatic N) is 1. The van der Waals surface area contributed by atoms with E-state index in [4.69, 9.17) is 0 Å². The summed E-state index contributed by atoms with van der Waals surface area (Å²) in [6.07, 6.45) is 1.68. The minimum atomic E-state index is -0.734. The number of likely N-dealkylation sites (tertiary alicyclic amines) is 1. The molecule has 1 aromatic rings. The van der Waals surface area contributed by atoms with Crippen molar-refractivity contribution in [3.8, 4) is 0 Å². The van der Waals surface area contributed by atoms with Gasteiger partial charge in [-0.1, -0.05) is 45.0 Å². The van der Waals surface area contributed by atoms with E-state index < -0.39 is 11.5 Å². The fraction of sp³-hybridized carbons (Fsp3) is 0.611. The number of carbonyl (C=O) groups is 1. The zero-order valence-corrected chi connectivity index (χ0v) is 13.8. The second kappa shape index (κ2) is 5.45.